The van der Waals surface area contributed by atoms with E-state index in [4.69, 9.17) is 14.2 Å². The van der Waals surface area contributed by atoms with E-state index in [1.54, 1.807) is 0 Å². The molecule has 6 nitrogen and oxygen atoms in total. The Kier molecular flexibility index (Phi) is 62.2. The Hall–Kier alpha value is -2.89. The third-order valence-corrected chi connectivity index (χ3v) is 14.8. The Morgan fingerprint density at radius 1 is 0.276 bits per heavy atom. The van der Waals surface area contributed by atoms with E-state index >= 15 is 0 Å². The maximum absolute atomic E-state index is 12.8. The zero-order valence-electron chi connectivity index (χ0n) is 50.8. The first kappa shape index (κ1) is 73.1. The molecule has 0 radical (unpaired) electrons. The van der Waals surface area contributed by atoms with Gasteiger partial charge in [-0.15, -0.1) is 0 Å². The average Bonchev–Trinajstić information content (AvgIpc) is 3.42. The van der Waals surface area contributed by atoms with Crippen LogP contribution in [0, 0.1) is 0 Å². The van der Waals surface area contributed by atoms with Crippen molar-refractivity contribution < 1.29 is 28.6 Å². The molecule has 0 aliphatic carbocycles. The summed E-state index contributed by atoms with van der Waals surface area (Å²) in [6.07, 6.45) is 83.0. The van der Waals surface area contributed by atoms with Crippen LogP contribution < -0.4 is 0 Å². The molecule has 0 saturated carbocycles. The zero-order valence-corrected chi connectivity index (χ0v) is 50.8. The van der Waals surface area contributed by atoms with Gasteiger partial charge in [0.1, 0.15) is 13.2 Å². The van der Waals surface area contributed by atoms with Gasteiger partial charge in [-0.3, -0.25) is 14.4 Å². The molecule has 0 spiro atoms. The summed E-state index contributed by atoms with van der Waals surface area (Å²) in [5.41, 5.74) is 0. The number of ether oxygens (including phenoxy) is 3. The first-order valence-electron chi connectivity index (χ1n) is 33.3. The molecule has 0 amide bonds. The normalized spacial score (nSPS) is 12.4. The van der Waals surface area contributed by atoms with Gasteiger partial charge in [0.2, 0.25) is 0 Å². The van der Waals surface area contributed by atoms with Gasteiger partial charge in [0, 0.05) is 19.3 Å². The summed E-state index contributed by atoms with van der Waals surface area (Å²) in [5.74, 6) is -0.885. The van der Waals surface area contributed by atoms with Crippen molar-refractivity contribution in [1.82, 2.24) is 0 Å². The number of hydrogen-bond acceptors (Lipinski definition) is 6. The molecule has 0 fully saturated rings. The second-order valence-corrected chi connectivity index (χ2v) is 22.4. The van der Waals surface area contributed by atoms with Crippen molar-refractivity contribution in [2.24, 2.45) is 0 Å². The van der Waals surface area contributed by atoms with Gasteiger partial charge >= 0.3 is 17.9 Å². The molecule has 0 saturated heterocycles. The first-order chi connectivity index (χ1) is 37.5. The number of carbonyl (C=O) groups excluding carboxylic acids is 3. The van der Waals surface area contributed by atoms with E-state index in [1.165, 1.54) is 205 Å². The SMILES string of the molecule is CC/C=C\C/C=C\C/C=C\C/C=C\C/C=C\CCCCCCCCCC(=O)OC(COC(=O)CCCCCCC)COC(=O)CCCCCCCCCCCCCCCCCCCCCCCCCCCCCCCC. The van der Waals surface area contributed by atoms with E-state index in [2.05, 4.69) is 81.5 Å². The fourth-order valence-electron chi connectivity index (χ4n) is 9.83. The Bertz CT molecular complexity index is 1360. The van der Waals surface area contributed by atoms with Gasteiger partial charge < -0.3 is 14.2 Å². The monoisotopic (exact) mass is 1060 g/mol. The Balaban J connectivity index is 3.97. The molecule has 0 aromatic carbocycles. The van der Waals surface area contributed by atoms with Crippen LogP contribution in [0.4, 0.5) is 0 Å². The lowest BCUT2D eigenvalue weighted by Gasteiger charge is -2.18. The maximum Gasteiger partial charge on any atom is 0.306 e. The standard InChI is InChI=1S/C70H126O6/c1-4-7-10-13-15-17-19-21-23-25-27-29-31-32-33-34-35-36-37-39-40-42-44-46-48-50-52-54-57-60-63-69(72)75-66-67(65-74-68(71)62-59-56-12-9-6-3)76-70(73)64-61-58-55-53-51-49-47-45-43-41-38-30-28-26-24-22-20-18-16-14-11-8-5-2/h8,11,16,18,22,24,28,30,41,43,67H,4-7,9-10,12-15,17,19-21,23,25-27,29,31-40,42,44-66H2,1-3H3/b11-8-,18-16-,24-22-,30-28-,43-41-. The molecule has 6 heteroatoms. The molecular weight excluding hydrogens is 937 g/mol. The van der Waals surface area contributed by atoms with Crippen LogP contribution in [0.2, 0.25) is 0 Å². The van der Waals surface area contributed by atoms with Crippen LogP contribution in [0.5, 0.6) is 0 Å². The summed E-state index contributed by atoms with van der Waals surface area (Å²) >= 11 is 0. The van der Waals surface area contributed by atoms with Crippen LogP contribution in [-0.2, 0) is 28.6 Å². The smallest absolute Gasteiger partial charge is 0.306 e. The zero-order chi connectivity index (χ0) is 55.0. The van der Waals surface area contributed by atoms with Crippen LogP contribution in [0.3, 0.4) is 0 Å². The van der Waals surface area contributed by atoms with E-state index in [0.29, 0.717) is 19.3 Å². The molecule has 0 aliphatic rings. The minimum atomic E-state index is -0.776. The quantitative estimate of drug-likeness (QED) is 0.0261. The summed E-state index contributed by atoms with van der Waals surface area (Å²) in [5, 5.41) is 0. The molecule has 76 heavy (non-hydrogen) atoms. The molecule has 0 heterocycles. The molecule has 1 atom stereocenters. The van der Waals surface area contributed by atoms with Gasteiger partial charge in [-0.1, -0.05) is 326 Å². The van der Waals surface area contributed by atoms with Crippen molar-refractivity contribution in [3.8, 4) is 0 Å². The lowest BCUT2D eigenvalue weighted by atomic mass is 10.0. The molecule has 0 aromatic rings. The Morgan fingerprint density at radius 3 is 0.803 bits per heavy atom. The summed E-state index contributed by atoms with van der Waals surface area (Å²) < 4.78 is 16.8. The van der Waals surface area contributed by atoms with Crippen LogP contribution in [0.1, 0.15) is 348 Å². The van der Waals surface area contributed by atoms with Crippen LogP contribution in [0.15, 0.2) is 60.8 Å². The van der Waals surface area contributed by atoms with E-state index in [1.807, 2.05) is 0 Å². The first-order valence-corrected chi connectivity index (χ1v) is 33.3. The Labute approximate surface area is 472 Å². The number of hydrogen-bond donors (Lipinski definition) is 0. The van der Waals surface area contributed by atoms with Gasteiger partial charge in [-0.05, 0) is 64.2 Å². The van der Waals surface area contributed by atoms with Gasteiger partial charge in [0.25, 0.3) is 0 Å². The minimum absolute atomic E-state index is 0.0758. The van der Waals surface area contributed by atoms with Crippen molar-refractivity contribution in [3.05, 3.63) is 60.8 Å². The largest absolute Gasteiger partial charge is 0.462 e. The van der Waals surface area contributed by atoms with Crippen LogP contribution in [-0.4, -0.2) is 37.2 Å². The van der Waals surface area contributed by atoms with Crippen LogP contribution >= 0.6 is 0 Å². The molecule has 0 rings (SSSR count). The lowest BCUT2D eigenvalue weighted by molar-refractivity contribution is -0.167. The van der Waals surface area contributed by atoms with Crippen molar-refractivity contribution in [2.45, 2.75) is 354 Å². The van der Waals surface area contributed by atoms with E-state index in [-0.39, 0.29) is 31.1 Å². The van der Waals surface area contributed by atoms with Gasteiger partial charge in [-0.25, -0.2) is 0 Å². The van der Waals surface area contributed by atoms with Gasteiger partial charge in [0.05, 0.1) is 0 Å². The molecule has 0 aliphatic heterocycles. The van der Waals surface area contributed by atoms with Crippen molar-refractivity contribution in [3.63, 3.8) is 0 Å². The summed E-state index contributed by atoms with van der Waals surface area (Å²) in [4.78, 5) is 37.9. The van der Waals surface area contributed by atoms with Gasteiger partial charge in [0.15, 0.2) is 6.10 Å². The summed E-state index contributed by atoms with van der Waals surface area (Å²) in [6.45, 7) is 6.48. The second kappa shape index (κ2) is 64.6. The third-order valence-electron chi connectivity index (χ3n) is 14.8. The van der Waals surface area contributed by atoms with Crippen LogP contribution in [0.25, 0.3) is 0 Å². The maximum atomic E-state index is 12.8. The number of rotatable bonds is 61. The molecule has 0 bridgehead atoms. The third kappa shape index (κ3) is 62.0. The lowest BCUT2D eigenvalue weighted by Crippen LogP contribution is -2.30. The minimum Gasteiger partial charge on any atom is -0.462 e. The van der Waals surface area contributed by atoms with Crippen molar-refractivity contribution in [1.29, 1.82) is 0 Å². The predicted molar refractivity (Wildman–Crippen MR) is 330 cm³/mol. The van der Waals surface area contributed by atoms with E-state index < -0.39 is 6.10 Å². The molecule has 0 N–H and O–H groups in total. The summed E-state index contributed by atoms with van der Waals surface area (Å²) in [6, 6.07) is 0. The van der Waals surface area contributed by atoms with E-state index in [9.17, 15) is 14.4 Å². The molecule has 0 aromatic heterocycles. The molecular formula is C70H126O6. The predicted octanol–water partition coefficient (Wildman–Crippen LogP) is 22.7. The number of carbonyl (C=O) groups is 3. The Morgan fingerprint density at radius 2 is 0.513 bits per heavy atom. The van der Waals surface area contributed by atoms with Gasteiger partial charge in [-0.2, -0.15) is 0 Å². The van der Waals surface area contributed by atoms with Crippen molar-refractivity contribution >= 4 is 17.9 Å². The summed E-state index contributed by atoms with van der Waals surface area (Å²) in [7, 11) is 0. The van der Waals surface area contributed by atoms with E-state index in [0.717, 1.165) is 103 Å². The highest BCUT2D eigenvalue weighted by molar-refractivity contribution is 5.71. The molecule has 442 valence electrons. The average molecular weight is 1060 g/mol. The number of allylic oxidation sites excluding steroid dienone is 10. The highest BCUT2D eigenvalue weighted by atomic mass is 16.6. The van der Waals surface area contributed by atoms with Crippen molar-refractivity contribution in [2.75, 3.05) is 13.2 Å². The number of unbranched alkanes of at least 4 members (excludes halogenated alkanes) is 40. The topological polar surface area (TPSA) is 78.9 Å². The fourth-order valence-corrected chi connectivity index (χ4v) is 9.83. The number of esters is 3. The fraction of sp³-hybridized carbons (Fsp3) is 0.814. The molecule has 1 unspecified atom stereocenters. The second-order valence-electron chi connectivity index (χ2n) is 22.4. The highest BCUT2D eigenvalue weighted by Gasteiger charge is 2.19. The highest BCUT2D eigenvalue weighted by Crippen LogP contribution is 2.18.